The van der Waals surface area contributed by atoms with E-state index in [4.69, 9.17) is 28.4 Å². The zero-order valence-corrected chi connectivity index (χ0v) is 68.4. The number of carbonyl (C=O) groups is 3. The van der Waals surface area contributed by atoms with E-state index in [0.717, 1.165) is 6.42 Å². The molecular formula is C82H112F3N9O15S3. The zero-order chi connectivity index (χ0) is 82.6. The molecule has 112 heavy (non-hydrogen) atoms. The number of nitrogens with zero attached hydrogens (tertiary/aromatic N) is 6. The SMILES string of the molecule is CCC(C)(C)CCOc1nc(-c2cc(F)cc(OCC(C)C)c2)ccc1C(=O)NS(=O)(=O)c1cccc(C)n1.CO[C@@H](C)COc1nc(-c2cc(F)cc(OCC(C)C)c2)ccc1C(=O)NS(=O)(=O)c1cccc(C)n1.Cc1cccc(S(=O)(=O)NC(=O)c2ccc(-c3cc(F)cc(OCC(C)C)c3)nc2C(C)C(C)C)n1.[HH].[HH].[HH].[HH].[HH].[HH].[HH]. The van der Waals surface area contributed by atoms with E-state index in [0.29, 0.717) is 100 Å². The third-order valence-corrected chi connectivity index (χ3v) is 20.7. The molecule has 3 N–H and O–H groups in total. The number of halogens is 3. The molecule has 0 aliphatic carbocycles. The Labute approximate surface area is 665 Å². The number of aryl methyl sites for hydroxylation is 3. The van der Waals surface area contributed by atoms with Crippen molar-refractivity contribution >= 4 is 47.8 Å². The van der Waals surface area contributed by atoms with Crippen molar-refractivity contribution in [3.05, 3.63) is 203 Å². The Morgan fingerprint density at radius 2 is 0.777 bits per heavy atom. The zero-order valence-electron chi connectivity index (χ0n) is 65.9. The Morgan fingerprint density at radius 3 is 1.11 bits per heavy atom. The molecule has 2 atom stereocenters. The highest BCUT2D eigenvalue weighted by Gasteiger charge is 2.30. The van der Waals surface area contributed by atoms with Gasteiger partial charge in [-0.15, -0.1) is 0 Å². The number of sulfonamides is 3. The van der Waals surface area contributed by atoms with Gasteiger partial charge >= 0.3 is 0 Å². The highest BCUT2D eigenvalue weighted by atomic mass is 32.2. The number of methoxy groups -OCH3 is 1. The lowest BCUT2D eigenvalue weighted by molar-refractivity contribution is 0.0690. The maximum Gasteiger partial charge on any atom is 0.281 e. The maximum atomic E-state index is 14.4. The van der Waals surface area contributed by atoms with E-state index in [1.165, 1.54) is 98.1 Å². The average molecular weight is 1620 g/mol. The minimum Gasteiger partial charge on any atom is -0.493 e. The van der Waals surface area contributed by atoms with Gasteiger partial charge in [-0.1, -0.05) is 108 Å². The molecule has 0 aliphatic heterocycles. The predicted molar refractivity (Wildman–Crippen MR) is 435 cm³/mol. The monoisotopic (exact) mass is 1620 g/mol. The first-order chi connectivity index (χ1) is 52.6. The van der Waals surface area contributed by atoms with E-state index >= 15 is 0 Å². The molecular weight excluding hydrogens is 1500 g/mol. The van der Waals surface area contributed by atoms with Crippen LogP contribution in [0.4, 0.5) is 13.2 Å². The second kappa shape index (κ2) is 39.7. The molecule has 6 aromatic heterocycles. The van der Waals surface area contributed by atoms with Gasteiger partial charge in [0, 0.05) is 75.0 Å². The molecule has 9 rings (SSSR count). The lowest BCUT2D eigenvalue weighted by atomic mass is 9.87. The summed E-state index contributed by atoms with van der Waals surface area (Å²) in [5.41, 5.74) is 4.23. The Kier molecular flexibility index (Phi) is 31.4. The Balaban J connectivity index is 0.00000171. The highest BCUT2D eigenvalue weighted by molar-refractivity contribution is 7.90. The quantitative estimate of drug-likeness (QED) is 0.0353. The van der Waals surface area contributed by atoms with Crippen LogP contribution in [0.2, 0.25) is 0 Å². The Hall–Kier alpha value is -10.4. The number of hydrogen-bond acceptors (Lipinski definition) is 21. The number of pyridine rings is 6. The van der Waals surface area contributed by atoms with Crippen molar-refractivity contribution in [2.24, 2.45) is 29.1 Å². The van der Waals surface area contributed by atoms with Gasteiger partial charge < -0.3 is 28.4 Å². The third-order valence-electron chi connectivity index (χ3n) is 17.0. The lowest BCUT2D eigenvalue weighted by Gasteiger charge is -2.22. The number of rotatable bonds is 32. The molecule has 9 aromatic rings. The van der Waals surface area contributed by atoms with Gasteiger partial charge in [-0.2, -0.15) is 25.3 Å². The molecule has 0 spiro atoms. The summed E-state index contributed by atoms with van der Waals surface area (Å²) in [5, 5.41) is -0.816. The van der Waals surface area contributed by atoms with Crippen molar-refractivity contribution in [1.82, 2.24) is 44.1 Å². The first kappa shape index (κ1) is 88.8. The first-order valence-electron chi connectivity index (χ1n) is 36.3. The average Bonchev–Trinajstić information content (AvgIpc) is 0.796. The summed E-state index contributed by atoms with van der Waals surface area (Å²) in [5.74, 6) is -2.59. The number of nitrogens with one attached hydrogen (secondary N) is 3. The molecule has 6 heterocycles. The van der Waals surface area contributed by atoms with Crippen LogP contribution in [-0.2, 0) is 34.8 Å². The van der Waals surface area contributed by atoms with E-state index in [-0.39, 0.29) is 108 Å². The summed E-state index contributed by atoms with van der Waals surface area (Å²) in [7, 11) is -11.2. The summed E-state index contributed by atoms with van der Waals surface area (Å²) in [4.78, 5) is 64.8. The smallest absolute Gasteiger partial charge is 0.281 e. The minimum absolute atomic E-state index is 0. The summed E-state index contributed by atoms with van der Waals surface area (Å²) in [6.07, 6.45) is 1.25. The second-order valence-corrected chi connectivity index (χ2v) is 33.9. The molecule has 0 saturated carbocycles. The molecule has 0 bridgehead atoms. The molecule has 0 fully saturated rings. The molecule has 3 amide bonds. The fourth-order valence-electron chi connectivity index (χ4n) is 9.99. The van der Waals surface area contributed by atoms with E-state index in [2.05, 4.69) is 55.4 Å². The summed E-state index contributed by atoms with van der Waals surface area (Å²) in [6.45, 7) is 32.3. The van der Waals surface area contributed by atoms with Crippen LogP contribution in [0.15, 0.2) is 161 Å². The van der Waals surface area contributed by atoms with Crippen LogP contribution in [0.3, 0.4) is 0 Å². The summed E-state index contributed by atoms with van der Waals surface area (Å²) in [6, 6.07) is 35.1. The fraction of sp³-hybridized carbons (Fsp3) is 0.378. The number of aromatic nitrogens is 6. The molecule has 24 nitrogen and oxygen atoms in total. The molecule has 1 unspecified atom stereocenters. The van der Waals surface area contributed by atoms with Gasteiger partial charge in [-0.3, -0.25) is 19.4 Å². The number of hydrogen-bond donors (Lipinski definition) is 3. The Morgan fingerprint density at radius 1 is 0.438 bits per heavy atom. The van der Waals surface area contributed by atoms with Crippen LogP contribution in [0.25, 0.3) is 33.8 Å². The van der Waals surface area contributed by atoms with Crippen molar-refractivity contribution < 1.29 is 91.2 Å². The normalized spacial score (nSPS) is 12.2. The van der Waals surface area contributed by atoms with Gasteiger partial charge in [-0.25, -0.2) is 52.3 Å². The van der Waals surface area contributed by atoms with Crippen LogP contribution < -0.4 is 37.9 Å². The number of benzene rings is 3. The predicted octanol–water partition coefficient (Wildman–Crippen LogP) is 17.3. The van der Waals surface area contributed by atoms with Crippen molar-refractivity contribution in [3.63, 3.8) is 0 Å². The van der Waals surface area contributed by atoms with Gasteiger partial charge in [0.1, 0.15) is 52.4 Å². The van der Waals surface area contributed by atoms with Crippen molar-refractivity contribution in [2.45, 2.75) is 151 Å². The molecule has 614 valence electrons. The van der Waals surface area contributed by atoms with Gasteiger partial charge in [0.2, 0.25) is 11.8 Å². The lowest BCUT2D eigenvalue weighted by Crippen LogP contribution is -2.32. The highest BCUT2D eigenvalue weighted by Crippen LogP contribution is 2.34. The maximum absolute atomic E-state index is 14.4. The van der Waals surface area contributed by atoms with Crippen LogP contribution in [-0.4, -0.2) is 119 Å². The molecule has 0 saturated heterocycles. The van der Waals surface area contributed by atoms with Crippen LogP contribution in [0, 0.1) is 67.3 Å². The van der Waals surface area contributed by atoms with Gasteiger partial charge in [0.25, 0.3) is 47.8 Å². The largest absolute Gasteiger partial charge is 0.493 e. The number of amides is 3. The van der Waals surface area contributed by atoms with E-state index in [1.807, 2.05) is 71.8 Å². The standard InChI is InChI=1S/C29H36FN3O5S.C27H32FN3O4S.C26H30FN3O6S.7H2/c1-7-29(5,6)13-14-37-28-24(27(34)33-39(35,36)26-10-8-9-20(4)31-26)11-12-25(32-28)21-15-22(30)17-23(16-21)38-18-19(2)3;1-16(2)15-35-22-13-20(12-21(28)14-22)24-11-10-23(26(30-24)19(6)17(3)4)27(32)31-36(33,34)25-9-7-8-18(5)29-25;1-16(2)14-35-21-12-19(11-20(27)13-21)23-10-9-22(26(29-23)36-15-18(4)34-5)25(31)30-37(32,33)24-8-6-7-17(3)28-24;;;;;;;/h8-12,15-17,19H,7,13-14,18H2,1-6H3,(H,33,34);7-14,16-17,19H,15H2,1-6H3,(H,31,32);6-13,16,18H,14-15H2,1-5H3,(H,30,31);7*1H/t;;18-;;;;;;;/m..0......./s1. The molecule has 30 heteroatoms. The van der Waals surface area contributed by atoms with Crippen molar-refractivity contribution in [1.29, 1.82) is 0 Å². The van der Waals surface area contributed by atoms with Crippen LogP contribution in [0.1, 0.15) is 173 Å². The van der Waals surface area contributed by atoms with Crippen LogP contribution >= 0.6 is 0 Å². The molecule has 0 radical (unpaired) electrons. The van der Waals surface area contributed by atoms with Crippen molar-refractivity contribution in [2.75, 3.05) is 40.1 Å². The topological polar surface area (TPSA) is 322 Å². The second-order valence-electron chi connectivity index (χ2n) is 29.0. The molecule has 0 aliphatic rings. The Bertz CT molecular complexity index is 5190. The van der Waals surface area contributed by atoms with E-state index < -0.39 is 65.2 Å². The summed E-state index contributed by atoms with van der Waals surface area (Å²) < 4.78 is 160. The summed E-state index contributed by atoms with van der Waals surface area (Å²) >= 11 is 0. The van der Waals surface area contributed by atoms with Gasteiger partial charge in [0.15, 0.2) is 15.1 Å². The van der Waals surface area contributed by atoms with E-state index in [9.17, 15) is 52.8 Å². The molecule has 3 aromatic carbocycles. The minimum atomic E-state index is -4.25. The number of carbonyl (C=O) groups excluding carboxylic acids is 3. The van der Waals surface area contributed by atoms with Gasteiger partial charge in [-0.05, 0) is 172 Å². The van der Waals surface area contributed by atoms with Crippen molar-refractivity contribution in [3.8, 4) is 62.8 Å². The first-order valence-corrected chi connectivity index (χ1v) is 40.7. The van der Waals surface area contributed by atoms with Crippen LogP contribution in [0.5, 0.6) is 29.0 Å². The number of ether oxygens (including phenoxy) is 6. The third kappa shape index (κ3) is 26.4. The van der Waals surface area contributed by atoms with E-state index in [1.54, 1.807) is 82.3 Å². The van der Waals surface area contributed by atoms with Gasteiger partial charge in [0.05, 0.1) is 60.9 Å². The fourth-order valence-corrected chi connectivity index (χ4v) is 12.9.